The summed E-state index contributed by atoms with van der Waals surface area (Å²) in [4.78, 5) is 66.1. The van der Waals surface area contributed by atoms with Crippen molar-refractivity contribution in [2.24, 2.45) is 17.2 Å². The van der Waals surface area contributed by atoms with E-state index >= 15 is 0 Å². The number of rotatable bonds is 7. The molecule has 1 fully saturated rings. The summed E-state index contributed by atoms with van der Waals surface area (Å²) >= 11 is 13.8. The molecule has 4 aromatic carbocycles. The number of Topliss-reactive ketones (excluding diaryl/α,β-unsaturated/α-hetero) is 1. The number of carbonyl (C=O) groups excluding carboxylic acids is 3. The van der Waals surface area contributed by atoms with Crippen LogP contribution in [0.25, 0.3) is 42.8 Å². The van der Waals surface area contributed by atoms with E-state index in [0.717, 1.165) is 83.2 Å². The molecule has 1 aliphatic rings. The van der Waals surface area contributed by atoms with Crippen molar-refractivity contribution < 1.29 is 38.5 Å². The van der Waals surface area contributed by atoms with E-state index in [1.165, 1.54) is 26.9 Å². The third kappa shape index (κ3) is 21.4. The van der Waals surface area contributed by atoms with Crippen LogP contribution in [-0.2, 0) is 14.2 Å². The third-order valence-electron chi connectivity index (χ3n) is 11.6. The van der Waals surface area contributed by atoms with Crippen molar-refractivity contribution in [1.29, 1.82) is 0 Å². The normalized spacial score (nSPS) is 12.9. The molecule has 26 heteroatoms. The van der Waals surface area contributed by atoms with Gasteiger partial charge in [-0.15, -0.1) is 11.3 Å². The number of fused-ring (bicyclic) bond motifs is 4. The van der Waals surface area contributed by atoms with Crippen molar-refractivity contribution >= 4 is 145 Å². The Hall–Kier alpha value is -8.59. The number of hydrogen-bond donors (Lipinski definition) is 7. The molecule has 0 saturated carbocycles. The van der Waals surface area contributed by atoms with Gasteiger partial charge in [-0.05, 0) is 171 Å². The van der Waals surface area contributed by atoms with Gasteiger partial charge in [-0.2, -0.15) is 19.6 Å². The lowest BCUT2D eigenvalue weighted by Gasteiger charge is -2.19. The summed E-state index contributed by atoms with van der Waals surface area (Å²) in [6.45, 7) is 19.7. The number of aromatic amines is 1. The number of benzene rings is 4. The van der Waals surface area contributed by atoms with E-state index < -0.39 is 29.4 Å². The van der Waals surface area contributed by atoms with Gasteiger partial charge in [0.1, 0.15) is 33.5 Å². The Kier molecular flexibility index (Phi) is 24.4. The van der Waals surface area contributed by atoms with E-state index in [0.29, 0.717) is 45.0 Å². The molecule has 10 N–H and O–H groups in total. The lowest BCUT2D eigenvalue weighted by molar-refractivity contribution is 0.0511. The van der Waals surface area contributed by atoms with E-state index in [1.54, 1.807) is 49.8 Å². The van der Waals surface area contributed by atoms with Crippen molar-refractivity contribution in [2.75, 3.05) is 23.8 Å². The maximum absolute atomic E-state index is 12.2. The number of thiophene rings is 1. The summed E-state index contributed by atoms with van der Waals surface area (Å²) in [5.41, 5.74) is 20.7. The second kappa shape index (κ2) is 31.4. The zero-order valence-corrected chi connectivity index (χ0v) is 54.8. The topological polar surface area (TPSA) is 321 Å². The predicted molar refractivity (Wildman–Crippen MR) is 355 cm³/mol. The average Bonchev–Trinajstić information content (AvgIpc) is 4.02. The van der Waals surface area contributed by atoms with Gasteiger partial charge >= 0.3 is 18.2 Å². The first-order chi connectivity index (χ1) is 41.6. The highest BCUT2D eigenvalue weighted by Crippen LogP contribution is 2.29. The number of anilines is 4. The number of nitrogens with one attached hydrogen (secondary N) is 3. The highest BCUT2D eigenvalue weighted by molar-refractivity contribution is 9.10. The van der Waals surface area contributed by atoms with Gasteiger partial charge in [0, 0.05) is 96.1 Å². The fourth-order valence-corrected chi connectivity index (χ4v) is 9.77. The van der Waals surface area contributed by atoms with Crippen LogP contribution < -0.4 is 27.8 Å². The Morgan fingerprint density at radius 2 is 1.35 bits per heavy atom. The lowest BCUT2D eigenvalue weighted by Crippen LogP contribution is -2.27. The molecule has 6 aromatic heterocycles. The van der Waals surface area contributed by atoms with Gasteiger partial charge in [0.15, 0.2) is 5.78 Å². The van der Waals surface area contributed by atoms with Crippen LogP contribution in [0.3, 0.4) is 0 Å². The van der Waals surface area contributed by atoms with Gasteiger partial charge in [0.2, 0.25) is 5.28 Å². The maximum Gasteiger partial charge on any atom is 0.435 e. The number of nitrogens with zero attached hydrogens (tertiary/aromatic N) is 8. The van der Waals surface area contributed by atoms with Crippen LogP contribution in [-0.4, -0.2) is 104 Å². The fraction of sp³-hybridized carbons (Fsp3) is 0.258. The van der Waals surface area contributed by atoms with Crippen LogP contribution >= 0.6 is 54.8 Å². The minimum absolute atomic E-state index is 0.0623. The molecule has 0 spiro atoms. The zero-order valence-electron chi connectivity index (χ0n) is 50.1. The summed E-state index contributed by atoms with van der Waals surface area (Å²) in [7, 11) is 0. The van der Waals surface area contributed by atoms with Gasteiger partial charge in [-0.1, -0.05) is 50.1 Å². The van der Waals surface area contributed by atoms with E-state index in [2.05, 4.69) is 77.6 Å². The van der Waals surface area contributed by atoms with Crippen molar-refractivity contribution in [3.05, 3.63) is 176 Å². The lowest BCUT2D eigenvalue weighted by atomic mass is 10.2. The minimum atomic E-state index is -0.864. The monoisotopic (exact) mass is 1360 g/mol. The number of carbonyl (C=O) groups is 4. The molecule has 22 nitrogen and oxygen atoms in total. The summed E-state index contributed by atoms with van der Waals surface area (Å²) in [6.07, 6.45) is 9.78. The molecule has 1 saturated heterocycles. The first-order valence-electron chi connectivity index (χ1n) is 27.2. The summed E-state index contributed by atoms with van der Waals surface area (Å²) in [5.74, 6) is 1.21. The Morgan fingerprint density at radius 1 is 0.773 bits per heavy atom. The molecular weight excluding hydrogens is 1300 g/mol. The number of nitrogens with two attached hydrogens (primary N) is 3. The highest BCUT2D eigenvalue weighted by atomic mass is 79.9. The predicted octanol–water partition coefficient (Wildman–Crippen LogP) is 14.5. The number of halogens is 3. The van der Waals surface area contributed by atoms with Crippen LogP contribution in [0.5, 0.6) is 0 Å². The van der Waals surface area contributed by atoms with Gasteiger partial charge < -0.3 is 52.1 Å². The molecule has 0 bridgehead atoms. The van der Waals surface area contributed by atoms with Crippen molar-refractivity contribution in [3.63, 3.8) is 0 Å². The number of allylic oxidation sites excluding steroid dienone is 2. The third-order valence-corrected chi connectivity index (χ3v) is 13.8. The molecule has 462 valence electrons. The highest BCUT2D eigenvalue weighted by Gasteiger charge is 2.22. The Morgan fingerprint density at radius 3 is 1.83 bits per heavy atom. The van der Waals surface area contributed by atoms with Crippen molar-refractivity contribution in [2.45, 2.75) is 92.9 Å². The van der Waals surface area contributed by atoms with E-state index in [-0.39, 0.29) is 11.1 Å². The molecule has 0 radical (unpaired) electrons. The molecule has 11 rings (SSSR count). The van der Waals surface area contributed by atoms with Gasteiger partial charge in [0.25, 0.3) is 0 Å². The fourth-order valence-electron chi connectivity index (χ4n) is 7.80. The van der Waals surface area contributed by atoms with Crippen LogP contribution in [0.15, 0.2) is 149 Å². The van der Waals surface area contributed by atoms with E-state index in [9.17, 15) is 19.2 Å². The number of aromatic carboxylic acids is 1. The number of aryl methyl sites for hydroxylation is 2. The Labute approximate surface area is 534 Å². The van der Waals surface area contributed by atoms with E-state index in [1.807, 2.05) is 147 Å². The Balaban J connectivity index is 0.000000180. The van der Waals surface area contributed by atoms with Gasteiger partial charge in [-0.25, -0.2) is 34.3 Å². The standard InChI is InChI=1S/C18H21N5O2.C16H16ClN5O2.C10H8BrNO.C9H5BrO2S.C5H10N2.C4H9NO/c1-11-8-16(21-12(2)20-11)22-14-6-7-15-13(9-14)10-19-23(15)17(24)25-18(3,4)5;1-16(2,3)24-15(23)22-12-5-4-11(8-10(12)9-19-22)20-13-6-7-18-14(17)21-13;1-6(13)9-4-7-2-3-8(11)5-10(7)12-9;10-6-2-1-5-3-8(9(11)12)13-7(5)4-6;1-2-3-5(7)4-6;5-4-1-2-6-3-4/h6-10H,1-5H3,(H,20,21,22);4-9H,1-3H3,(H,18,20,21);2-5,12H,1H3;1-4H,(H,11,12);2-4H,6-7H2,1H3;4H,1-3,5H2/b;;;;3-2-,5-4+;. The second-order valence-corrected chi connectivity index (χ2v) is 24.6. The molecular formula is C62H69Br2ClN14O8S. The quantitative estimate of drug-likeness (QED) is 0.0443. The SMILES string of the molecule is C/C=C\C(N)=C/N.CC(=O)c1cc2ccc(Br)cc2[nH]1.CC(C)(C)OC(=O)n1ncc2cc(Nc3ccnc(Cl)n3)ccc21.Cc1cc(Nc2ccc3c(cnn3C(=O)OC(C)(C)C)c2)nc(C)n1.NC1CCOC1.O=C(O)c1cc2ccc(Br)cc2s1. The molecule has 88 heavy (non-hydrogen) atoms. The molecule has 0 amide bonds. The van der Waals surface area contributed by atoms with E-state index in [4.69, 9.17) is 48.1 Å². The Bertz CT molecular complexity index is 4010. The first kappa shape index (κ1) is 68.5. The number of ketones is 1. The number of hydrogen-bond acceptors (Lipinski definition) is 19. The summed E-state index contributed by atoms with van der Waals surface area (Å²) in [6, 6.07) is 30.2. The van der Waals surface area contributed by atoms with Gasteiger partial charge in [-0.3, -0.25) is 4.79 Å². The molecule has 7 heterocycles. The average molecular weight is 1370 g/mol. The number of carboxylic acid groups (broad SMARTS) is 1. The molecule has 1 aliphatic heterocycles. The summed E-state index contributed by atoms with van der Waals surface area (Å²) in [5, 5.41) is 27.2. The molecule has 1 unspecified atom stereocenters. The van der Waals surface area contributed by atoms with Crippen LogP contribution in [0.4, 0.5) is 32.6 Å². The van der Waals surface area contributed by atoms with Crippen LogP contribution in [0.1, 0.15) is 93.5 Å². The van der Waals surface area contributed by atoms with Gasteiger partial charge in [0.05, 0.1) is 35.7 Å². The zero-order chi connectivity index (χ0) is 64.5. The number of aromatic nitrogens is 9. The maximum atomic E-state index is 12.2. The number of carboxylic acids is 1. The van der Waals surface area contributed by atoms with Crippen molar-refractivity contribution in [1.82, 2.24) is 44.5 Å². The smallest absolute Gasteiger partial charge is 0.435 e. The molecule has 1 atom stereocenters. The molecule has 10 aromatic rings. The molecule has 0 aliphatic carbocycles. The second-order valence-electron chi connectivity index (χ2n) is 21.4. The van der Waals surface area contributed by atoms with Crippen molar-refractivity contribution in [3.8, 4) is 0 Å². The number of ether oxygens (including phenoxy) is 3. The minimum Gasteiger partial charge on any atom is -0.477 e. The first-order valence-corrected chi connectivity index (χ1v) is 30.0. The summed E-state index contributed by atoms with van der Waals surface area (Å²) < 4.78 is 21.1. The van der Waals surface area contributed by atoms with Crippen LogP contribution in [0, 0.1) is 13.8 Å². The largest absolute Gasteiger partial charge is 0.477 e. The number of H-pyrrole nitrogens is 1. The van der Waals surface area contributed by atoms with Crippen LogP contribution in [0.2, 0.25) is 5.28 Å².